The van der Waals surface area contributed by atoms with Crippen molar-refractivity contribution in [3.8, 4) is 0 Å². The zero-order valence-corrected chi connectivity index (χ0v) is 10.3. The molecule has 96 valence electrons. The van der Waals surface area contributed by atoms with Crippen LogP contribution in [0.25, 0.3) is 0 Å². The first kappa shape index (κ1) is 12.8. The Labute approximate surface area is 106 Å². The van der Waals surface area contributed by atoms with Gasteiger partial charge in [-0.15, -0.1) is 0 Å². The first-order valence-electron chi connectivity index (χ1n) is 6.12. The van der Waals surface area contributed by atoms with Gasteiger partial charge in [0.2, 0.25) is 5.91 Å². The van der Waals surface area contributed by atoms with Gasteiger partial charge in [-0.3, -0.25) is 4.79 Å². The van der Waals surface area contributed by atoms with Crippen LogP contribution in [0.3, 0.4) is 0 Å². The van der Waals surface area contributed by atoms with E-state index in [0.29, 0.717) is 13.0 Å². The molecule has 1 aromatic rings. The Hall–Kier alpha value is -1.68. The van der Waals surface area contributed by atoms with Crippen molar-refractivity contribution >= 4 is 11.6 Å². The number of rotatable bonds is 3. The van der Waals surface area contributed by atoms with Gasteiger partial charge in [-0.25, -0.2) is 4.39 Å². The molecule has 2 N–H and O–H groups in total. The molecule has 0 saturated carbocycles. The molecule has 2 rings (SSSR count). The number of benzene rings is 1. The smallest absolute Gasteiger partial charge is 0.233 e. The summed E-state index contributed by atoms with van der Waals surface area (Å²) in [6.45, 7) is 2.46. The SMILES string of the molecule is CCN(C(=O)C1C=CC(N)C1)c1ccc(F)cc1. The fourth-order valence-corrected chi connectivity index (χ4v) is 2.20. The van der Waals surface area contributed by atoms with Gasteiger partial charge < -0.3 is 10.6 Å². The second-order valence-corrected chi connectivity index (χ2v) is 4.45. The minimum absolute atomic E-state index is 0.0216. The van der Waals surface area contributed by atoms with Gasteiger partial charge in [-0.2, -0.15) is 0 Å². The van der Waals surface area contributed by atoms with Crippen LogP contribution in [-0.4, -0.2) is 18.5 Å². The zero-order chi connectivity index (χ0) is 13.1. The molecule has 4 heteroatoms. The highest BCUT2D eigenvalue weighted by Crippen LogP contribution is 2.23. The first-order chi connectivity index (χ1) is 8.61. The van der Waals surface area contributed by atoms with Crippen LogP contribution in [0.5, 0.6) is 0 Å². The largest absolute Gasteiger partial charge is 0.324 e. The second-order valence-electron chi connectivity index (χ2n) is 4.45. The number of carbonyl (C=O) groups excluding carboxylic acids is 1. The maximum Gasteiger partial charge on any atom is 0.233 e. The van der Waals surface area contributed by atoms with Crippen molar-refractivity contribution < 1.29 is 9.18 Å². The Bertz CT molecular complexity index is 455. The molecule has 1 aliphatic rings. The summed E-state index contributed by atoms with van der Waals surface area (Å²) in [7, 11) is 0. The number of amides is 1. The molecule has 0 radical (unpaired) electrons. The Morgan fingerprint density at radius 3 is 2.56 bits per heavy atom. The number of hydrogen-bond donors (Lipinski definition) is 1. The molecular weight excluding hydrogens is 231 g/mol. The van der Waals surface area contributed by atoms with Crippen LogP contribution in [0.4, 0.5) is 10.1 Å². The summed E-state index contributed by atoms with van der Waals surface area (Å²) in [5.41, 5.74) is 6.48. The van der Waals surface area contributed by atoms with Crippen molar-refractivity contribution in [2.75, 3.05) is 11.4 Å². The van der Waals surface area contributed by atoms with Gasteiger partial charge in [0.15, 0.2) is 0 Å². The van der Waals surface area contributed by atoms with Crippen LogP contribution >= 0.6 is 0 Å². The lowest BCUT2D eigenvalue weighted by molar-refractivity contribution is -0.121. The molecule has 0 fully saturated rings. The fourth-order valence-electron chi connectivity index (χ4n) is 2.20. The number of carbonyl (C=O) groups is 1. The zero-order valence-electron chi connectivity index (χ0n) is 10.3. The Morgan fingerprint density at radius 2 is 2.06 bits per heavy atom. The molecule has 1 aromatic carbocycles. The first-order valence-corrected chi connectivity index (χ1v) is 6.12. The van der Waals surface area contributed by atoms with E-state index in [1.807, 2.05) is 19.1 Å². The number of hydrogen-bond acceptors (Lipinski definition) is 2. The molecule has 0 saturated heterocycles. The highest BCUT2D eigenvalue weighted by Gasteiger charge is 2.27. The summed E-state index contributed by atoms with van der Waals surface area (Å²) >= 11 is 0. The predicted molar refractivity (Wildman–Crippen MR) is 69.6 cm³/mol. The van der Waals surface area contributed by atoms with Gasteiger partial charge in [-0.1, -0.05) is 12.2 Å². The second kappa shape index (κ2) is 5.31. The summed E-state index contributed by atoms with van der Waals surface area (Å²) in [5, 5.41) is 0. The average Bonchev–Trinajstić information content (AvgIpc) is 2.79. The van der Waals surface area contributed by atoms with E-state index in [4.69, 9.17) is 5.73 Å². The Balaban J connectivity index is 2.16. The van der Waals surface area contributed by atoms with Crippen molar-refractivity contribution in [2.45, 2.75) is 19.4 Å². The van der Waals surface area contributed by atoms with Gasteiger partial charge >= 0.3 is 0 Å². The van der Waals surface area contributed by atoms with E-state index in [1.165, 1.54) is 12.1 Å². The topological polar surface area (TPSA) is 46.3 Å². The van der Waals surface area contributed by atoms with E-state index in [1.54, 1.807) is 17.0 Å². The van der Waals surface area contributed by atoms with Crippen LogP contribution < -0.4 is 10.6 Å². The van der Waals surface area contributed by atoms with Crippen molar-refractivity contribution in [3.63, 3.8) is 0 Å². The highest BCUT2D eigenvalue weighted by atomic mass is 19.1. The third-order valence-electron chi connectivity index (χ3n) is 3.15. The van der Waals surface area contributed by atoms with E-state index in [9.17, 15) is 9.18 Å². The molecule has 0 aromatic heterocycles. The van der Waals surface area contributed by atoms with E-state index < -0.39 is 0 Å². The lowest BCUT2D eigenvalue weighted by Gasteiger charge is -2.24. The van der Waals surface area contributed by atoms with Gasteiger partial charge in [0.05, 0.1) is 5.92 Å². The lowest BCUT2D eigenvalue weighted by Crippen LogP contribution is -2.35. The third-order valence-corrected chi connectivity index (χ3v) is 3.15. The fraction of sp³-hybridized carbons (Fsp3) is 0.357. The molecule has 2 atom stereocenters. The summed E-state index contributed by atoms with van der Waals surface area (Å²) in [4.78, 5) is 14.0. The Morgan fingerprint density at radius 1 is 1.39 bits per heavy atom. The van der Waals surface area contributed by atoms with Crippen molar-refractivity contribution in [1.82, 2.24) is 0 Å². The minimum atomic E-state index is -0.301. The maximum absolute atomic E-state index is 12.9. The van der Waals surface area contributed by atoms with Gasteiger partial charge in [0, 0.05) is 18.3 Å². The van der Waals surface area contributed by atoms with Crippen LogP contribution in [0.1, 0.15) is 13.3 Å². The van der Waals surface area contributed by atoms with E-state index in [2.05, 4.69) is 0 Å². The summed E-state index contributed by atoms with van der Waals surface area (Å²) < 4.78 is 12.9. The van der Waals surface area contributed by atoms with Crippen LogP contribution in [0, 0.1) is 11.7 Å². The summed E-state index contributed by atoms with van der Waals surface area (Å²) in [5.74, 6) is -0.441. The molecule has 1 amide bonds. The summed E-state index contributed by atoms with van der Waals surface area (Å²) in [6, 6.07) is 5.93. The van der Waals surface area contributed by atoms with Crippen LogP contribution in [-0.2, 0) is 4.79 Å². The quantitative estimate of drug-likeness (QED) is 0.832. The molecule has 0 spiro atoms. The average molecular weight is 248 g/mol. The number of nitrogens with zero attached hydrogens (tertiary/aromatic N) is 1. The lowest BCUT2D eigenvalue weighted by atomic mass is 10.1. The monoisotopic (exact) mass is 248 g/mol. The molecular formula is C14H17FN2O. The van der Waals surface area contributed by atoms with E-state index >= 15 is 0 Å². The number of nitrogens with two attached hydrogens (primary N) is 1. The highest BCUT2D eigenvalue weighted by molar-refractivity contribution is 5.96. The predicted octanol–water partition coefficient (Wildman–Crippen LogP) is 2.08. The third kappa shape index (κ3) is 2.59. The molecule has 18 heavy (non-hydrogen) atoms. The van der Waals surface area contributed by atoms with Crippen molar-refractivity contribution in [2.24, 2.45) is 11.7 Å². The maximum atomic E-state index is 12.9. The molecule has 0 bridgehead atoms. The van der Waals surface area contributed by atoms with Crippen molar-refractivity contribution in [1.29, 1.82) is 0 Å². The molecule has 3 nitrogen and oxygen atoms in total. The normalized spacial score (nSPS) is 22.2. The van der Waals surface area contributed by atoms with Gasteiger partial charge in [0.25, 0.3) is 0 Å². The summed E-state index contributed by atoms with van der Waals surface area (Å²) in [6.07, 6.45) is 4.37. The number of anilines is 1. The van der Waals surface area contributed by atoms with Crippen molar-refractivity contribution in [3.05, 3.63) is 42.2 Å². The number of halogens is 1. The standard InChI is InChI=1S/C14H17FN2O/c1-2-17(13-7-4-11(15)5-8-13)14(18)10-3-6-12(16)9-10/h3-8,10,12H,2,9,16H2,1H3. The Kier molecular flexibility index (Phi) is 3.77. The van der Waals surface area contributed by atoms with E-state index in [0.717, 1.165) is 5.69 Å². The molecule has 0 aliphatic heterocycles. The van der Waals surface area contributed by atoms with Gasteiger partial charge in [0.1, 0.15) is 5.82 Å². The van der Waals surface area contributed by atoms with E-state index in [-0.39, 0.29) is 23.7 Å². The minimum Gasteiger partial charge on any atom is -0.324 e. The molecule has 0 heterocycles. The van der Waals surface area contributed by atoms with Gasteiger partial charge in [-0.05, 0) is 37.6 Å². The molecule has 1 aliphatic carbocycles. The van der Waals surface area contributed by atoms with Crippen LogP contribution in [0.2, 0.25) is 0 Å². The molecule has 2 unspecified atom stereocenters. The van der Waals surface area contributed by atoms with Crippen LogP contribution in [0.15, 0.2) is 36.4 Å².